The zero-order valence-electron chi connectivity index (χ0n) is 20.6. The molecule has 3 aromatic carbocycles. The van der Waals surface area contributed by atoms with Gasteiger partial charge in [-0.1, -0.05) is 35.9 Å². The van der Waals surface area contributed by atoms with Gasteiger partial charge in [-0.2, -0.15) is 0 Å². The topological polar surface area (TPSA) is 116 Å². The van der Waals surface area contributed by atoms with E-state index in [1.807, 2.05) is 13.0 Å². The van der Waals surface area contributed by atoms with Gasteiger partial charge in [0.15, 0.2) is 0 Å². The zero-order valence-corrected chi connectivity index (χ0v) is 20.6. The van der Waals surface area contributed by atoms with Crippen LogP contribution in [0.15, 0.2) is 72.8 Å². The molecule has 1 unspecified atom stereocenters. The lowest BCUT2D eigenvalue weighted by molar-refractivity contribution is -0.123. The van der Waals surface area contributed by atoms with E-state index in [0.29, 0.717) is 22.5 Å². The first-order chi connectivity index (χ1) is 17.7. The molecule has 188 valence electrons. The zero-order chi connectivity index (χ0) is 26.7. The number of amides is 5. The summed E-state index contributed by atoms with van der Waals surface area (Å²) in [7, 11) is 0. The van der Waals surface area contributed by atoms with Gasteiger partial charge in [-0.3, -0.25) is 29.4 Å². The summed E-state index contributed by atoms with van der Waals surface area (Å²) in [6.07, 6.45) is -0.308. The maximum atomic E-state index is 13.6. The van der Waals surface area contributed by atoms with Gasteiger partial charge < -0.3 is 5.32 Å². The summed E-state index contributed by atoms with van der Waals surface area (Å²) in [6, 6.07) is 18.6. The highest BCUT2D eigenvalue weighted by molar-refractivity contribution is 6.23. The highest BCUT2D eigenvalue weighted by Crippen LogP contribution is 2.27. The molecule has 2 N–H and O–H groups in total. The van der Waals surface area contributed by atoms with Gasteiger partial charge in [0.2, 0.25) is 11.8 Å². The monoisotopic (exact) mass is 498 g/mol. The van der Waals surface area contributed by atoms with Crippen molar-refractivity contribution in [2.24, 2.45) is 0 Å². The van der Waals surface area contributed by atoms with E-state index in [2.05, 4.69) is 10.7 Å². The van der Waals surface area contributed by atoms with Gasteiger partial charge in [0.1, 0.15) is 6.04 Å². The number of hydrazine groups is 1. The van der Waals surface area contributed by atoms with Crippen molar-refractivity contribution in [3.63, 3.8) is 0 Å². The summed E-state index contributed by atoms with van der Waals surface area (Å²) in [5.41, 5.74) is 5.51. The number of carbonyl (C=O) groups is 5. The fraction of sp³-hybridized carbons (Fsp3) is 0.179. The summed E-state index contributed by atoms with van der Waals surface area (Å²) in [5, 5.41) is 3.58. The number of rotatable bonds is 5. The van der Waals surface area contributed by atoms with Gasteiger partial charge in [0.05, 0.1) is 12.1 Å². The van der Waals surface area contributed by atoms with E-state index in [0.717, 1.165) is 15.5 Å². The molecule has 4 rings (SSSR count). The minimum atomic E-state index is -1.25. The van der Waals surface area contributed by atoms with E-state index >= 15 is 0 Å². The fourth-order valence-corrected chi connectivity index (χ4v) is 4.17. The van der Waals surface area contributed by atoms with Crippen LogP contribution in [0, 0.1) is 13.8 Å². The summed E-state index contributed by atoms with van der Waals surface area (Å²) in [6.45, 7) is 4.96. The van der Waals surface area contributed by atoms with Crippen LogP contribution in [0.25, 0.3) is 0 Å². The van der Waals surface area contributed by atoms with Crippen LogP contribution in [0.3, 0.4) is 0 Å². The largest absolute Gasteiger partial charge is 0.326 e. The van der Waals surface area contributed by atoms with Crippen molar-refractivity contribution < 1.29 is 24.0 Å². The first-order valence-corrected chi connectivity index (χ1v) is 11.7. The Morgan fingerprint density at radius 1 is 0.919 bits per heavy atom. The molecule has 0 aliphatic carbocycles. The predicted molar refractivity (Wildman–Crippen MR) is 138 cm³/mol. The summed E-state index contributed by atoms with van der Waals surface area (Å²) >= 11 is 0. The van der Waals surface area contributed by atoms with E-state index in [9.17, 15) is 24.0 Å². The van der Waals surface area contributed by atoms with Gasteiger partial charge in [0, 0.05) is 23.7 Å². The van der Waals surface area contributed by atoms with Crippen molar-refractivity contribution in [1.29, 1.82) is 0 Å². The van der Waals surface area contributed by atoms with Crippen molar-refractivity contribution in [3.05, 3.63) is 95.1 Å². The molecular weight excluding hydrogens is 472 g/mol. The molecule has 1 atom stereocenters. The Labute approximate surface area is 214 Å². The molecule has 9 nitrogen and oxygen atoms in total. The molecule has 0 aromatic heterocycles. The quantitative estimate of drug-likeness (QED) is 0.413. The number of benzene rings is 3. The normalized spacial score (nSPS) is 14.9. The Kier molecular flexibility index (Phi) is 7.15. The Morgan fingerprint density at radius 3 is 2.27 bits per heavy atom. The van der Waals surface area contributed by atoms with Gasteiger partial charge in [-0.05, 0) is 61.9 Å². The van der Waals surface area contributed by atoms with Gasteiger partial charge in [-0.15, -0.1) is 0 Å². The second-order valence-corrected chi connectivity index (χ2v) is 8.82. The van der Waals surface area contributed by atoms with Crippen LogP contribution in [0.4, 0.5) is 11.4 Å². The highest BCUT2D eigenvalue weighted by atomic mass is 16.2. The molecule has 0 radical (unpaired) electrons. The number of aryl methyl sites for hydroxylation is 2. The molecule has 3 aromatic rings. The van der Waals surface area contributed by atoms with E-state index < -0.39 is 29.7 Å². The van der Waals surface area contributed by atoms with Crippen molar-refractivity contribution >= 4 is 40.9 Å². The molecule has 1 fully saturated rings. The second-order valence-electron chi connectivity index (χ2n) is 8.82. The molecule has 9 heteroatoms. The lowest BCUT2D eigenvalue weighted by Crippen LogP contribution is -2.54. The molecule has 1 aliphatic rings. The number of nitrogens with one attached hydrogen (secondary N) is 2. The summed E-state index contributed by atoms with van der Waals surface area (Å²) in [4.78, 5) is 65.5. The van der Waals surface area contributed by atoms with Crippen LogP contribution < -0.4 is 15.6 Å². The number of hydrogen-bond acceptors (Lipinski definition) is 5. The first kappa shape index (κ1) is 25.3. The maximum absolute atomic E-state index is 13.6. The molecule has 0 saturated carbocycles. The van der Waals surface area contributed by atoms with Gasteiger partial charge in [-0.25, -0.2) is 9.91 Å². The van der Waals surface area contributed by atoms with Crippen molar-refractivity contribution in [2.75, 3.05) is 10.2 Å². The second kappa shape index (κ2) is 10.4. The van der Waals surface area contributed by atoms with Gasteiger partial charge in [0.25, 0.3) is 17.7 Å². The lowest BCUT2D eigenvalue weighted by atomic mass is 10.1. The SMILES string of the molecule is CC(=O)Nc1ccc(N2C(=O)CC(N(NC(=O)c3ccccc3C)C(=O)c3cccc(C)c3)C2=O)cc1. The van der Waals surface area contributed by atoms with E-state index in [4.69, 9.17) is 0 Å². The van der Waals surface area contributed by atoms with Crippen molar-refractivity contribution in [3.8, 4) is 0 Å². The first-order valence-electron chi connectivity index (χ1n) is 11.7. The smallest absolute Gasteiger partial charge is 0.273 e. The Bertz CT molecular complexity index is 1400. The summed E-state index contributed by atoms with van der Waals surface area (Å²) < 4.78 is 0. The lowest BCUT2D eigenvalue weighted by Gasteiger charge is -2.28. The predicted octanol–water partition coefficient (Wildman–Crippen LogP) is 3.38. The van der Waals surface area contributed by atoms with Crippen molar-refractivity contribution in [1.82, 2.24) is 10.4 Å². The maximum Gasteiger partial charge on any atom is 0.273 e. The van der Waals surface area contributed by atoms with E-state index in [-0.39, 0.29) is 17.9 Å². The third-order valence-electron chi connectivity index (χ3n) is 5.98. The Balaban J connectivity index is 1.66. The molecule has 1 saturated heterocycles. The van der Waals surface area contributed by atoms with E-state index in [1.165, 1.54) is 19.1 Å². The van der Waals surface area contributed by atoms with Crippen LogP contribution in [0.5, 0.6) is 0 Å². The minimum Gasteiger partial charge on any atom is -0.326 e. The average molecular weight is 499 g/mol. The molecule has 1 heterocycles. The van der Waals surface area contributed by atoms with Gasteiger partial charge >= 0.3 is 0 Å². The number of hydrogen-bond donors (Lipinski definition) is 2. The van der Waals surface area contributed by atoms with E-state index in [1.54, 1.807) is 61.5 Å². The number of carbonyl (C=O) groups excluding carboxylic acids is 5. The molecule has 1 aliphatic heterocycles. The van der Waals surface area contributed by atoms with Crippen LogP contribution in [-0.4, -0.2) is 40.6 Å². The standard InChI is InChI=1S/C28H26N4O5/c1-17-7-6-9-20(15-17)27(36)32(30-26(35)23-10-5-4-8-18(23)2)24-16-25(34)31(28(24)37)22-13-11-21(12-14-22)29-19(3)33/h4-15,24H,16H2,1-3H3,(H,29,33)(H,30,35). The highest BCUT2D eigenvalue weighted by Gasteiger charge is 2.45. The van der Waals surface area contributed by atoms with Crippen molar-refractivity contribution in [2.45, 2.75) is 33.2 Å². The van der Waals surface area contributed by atoms with Crippen LogP contribution >= 0.6 is 0 Å². The molecule has 0 spiro atoms. The summed E-state index contributed by atoms with van der Waals surface area (Å²) in [5.74, 6) is -2.61. The third-order valence-corrected chi connectivity index (χ3v) is 5.98. The average Bonchev–Trinajstić information content (AvgIpc) is 3.16. The van der Waals surface area contributed by atoms with Crippen LogP contribution in [0.2, 0.25) is 0 Å². The molecule has 0 bridgehead atoms. The molecular formula is C28H26N4O5. The Hall–Kier alpha value is -4.79. The van der Waals surface area contributed by atoms with Crippen LogP contribution in [0.1, 0.15) is 45.2 Å². The molecule has 5 amide bonds. The number of imide groups is 1. The van der Waals surface area contributed by atoms with Crippen LogP contribution in [-0.2, 0) is 14.4 Å². The number of anilines is 2. The minimum absolute atomic E-state index is 0.254. The molecule has 37 heavy (non-hydrogen) atoms. The third kappa shape index (κ3) is 5.40. The fourth-order valence-electron chi connectivity index (χ4n) is 4.17. The number of nitrogens with zero attached hydrogens (tertiary/aromatic N) is 2. The Morgan fingerprint density at radius 2 is 1.62 bits per heavy atom.